The molecule has 6 nitrogen and oxygen atoms in total. The molecular formula is C18H12BrF2N5O. The fourth-order valence-electron chi connectivity index (χ4n) is 2.74. The number of aromatic amines is 1. The lowest BCUT2D eigenvalue weighted by Crippen LogP contribution is -2.13. The van der Waals surface area contributed by atoms with Crippen LogP contribution in [0.4, 0.5) is 8.78 Å². The highest BCUT2D eigenvalue weighted by atomic mass is 79.9. The van der Waals surface area contributed by atoms with Gasteiger partial charge in [0.15, 0.2) is 11.5 Å². The van der Waals surface area contributed by atoms with Gasteiger partial charge in [0, 0.05) is 12.6 Å². The number of hydrogen-bond donors (Lipinski definition) is 1. The minimum Gasteiger partial charge on any atom is -0.303 e. The lowest BCUT2D eigenvalue weighted by atomic mass is 10.1. The van der Waals surface area contributed by atoms with E-state index >= 15 is 0 Å². The summed E-state index contributed by atoms with van der Waals surface area (Å²) in [4.78, 5) is 26.6. The third kappa shape index (κ3) is 3.25. The van der Waals surface area contributed by atoms with E-state index < -0.39 is 11.4 Å². The van der Waals surface area contributed by atoms with Crippen LogP contribution >= 0.6 is 15.9 Å². The Morgan fingerprint density at radius 3 is 2.74 bits per heavy atom. The first-order valence-corrected chi connectivity index (χ1v) is 8.74. The quantitative estimate of drug-likeness (QED) is 0.539. The van der Waals surface area contributed by atoms with Crippen LogP contribution in [-0.4, -0.2) is 24.3 Å². The van der Waals surface area contributed by atoms with Crippen molar-refractivity contribution >= 4 is 21.6 Å². The highest BCUT2D eigenvalue weighted by Gasteiger charge is 2.15. The summed E-state index contributed by atoms with van der Waals surface area (Å²) < 4.78 is 29.9. The van der Waals surface area contributed by atoms with Crippen LogP contribution in [0.2, 0.25) is 0 Å². The third-order valence-corrected chi connectivity index (χ3v) is 4.67. The van der Waals surface area contributed by atoms with E-state index in [1.807, 2.05) is 13.0 Å². The molecule has 4 rings (SSSR count). The Kier molecular flexibility index (Phi) is 4.31. The molecule has 3 heterocycles. The van der Waals surface area contributed by atoms with Crippen LogP contribution in [0.5, 0.6) is 0 Å². The fourth-order valence-corrected chi connectivity index (χ4v) is 3.11. The molecule has 0 spiro atoms. The monoisotopic (exact) mass is 431 g/mol. The van der Waals surface area contributed by atoms with Gasteiger partial charge in [-0.15, -0.1) is 0 Å². The number of aryl methyl sites for hydroxylation is 1. The first-order chi connectivity index (χ1) is 12.9. The molecule has 0 aliphatic heterocycles. The molecule has 1 N–H and O–H groups in total. The van der Waals surface area contributed by atoms with Crippen molar-refractivity contribution in [2.75, 3.05) is 0 Å². The topological polar surface area (TPSA) is 75.9 Å². The molecule has 0 atom stereocenters. The second-order valence-electron chi connectivity index (χ2n) is 6.03. The number of nitrogens with one attached hydrogen (secondary N) is 1. The van der Waals surface area contributed by atoms with E-state index in [9.17, 15) is 13.6 Å². The Balaban J connectivity index is 1.88. The van der Waals surface area contributed by atoms with Gasteiger partial charge in [0.2, 0.25) is 5.82 Å². The summed E-state index contributed by atoms with van der Waals surface area (Å²) >= 11 is 3.39. The predicted molar refractivity (Wildman–Crippen MR) is 98.4 cm³/mol. The van der Waals surface area contributed by atoms with E-state index in [2.05, 4.69) is 35.9 Å². The summed E-state index contributed by atoms with van der Waals surface area (Å²) in [6.45, 7) is 1.81. The molecule has 0 unspecified atom stereocenters. The van der Waals surface area contributed by atoms with Crippen molar-refractivity contribution in [1.82, 2.24) is 24.3 Å². The second kappa shape index (κ2) is 6.66. The van der Waals surface area contributed by atoms with Crippen LogP contribution in [0.15, 0.2) is 46.2 Å². The first kappa shape index (κ1) is 17.5. The molecule has 0 saturated carbocycles. The number of benzene rings is 1. The molecule has 27 heavy (non-hydrogen) atoms. The zero-order valence-electron chi connectivity index (χ0n) is 14.0. The smallest absolute Gasteiger partial charge is 0.287 e. The Morgan fingerprint density at radius 2 is 2.00 bits per heavy atom. The van der Waals surface area contributed by atoms with Crippen LogP contribution in [0.3, 0.4) is 0 Å². The van der Waals surface area contributed by atoms with Crippen LogP contribution in [-0.2, 0) is 6.42 Å². The van der Waals surface area contributed by atoms with Crippen molar-refractivity contribution in [1.29, 1.82) is 0 Å². The molecule has 0 radical (unpaired) electrons. The molecule has 0 amide bonds. The molecule has 136 valence electrons. The van der Waals surface area contributed by atoms with Gasteiger partial charge in [-0.05, 0) is 40.0 Å². The Morgan fingerprint density at radius 1 is 1.19 bits per heavy atom. The maximum absolute atomic E-state index is 14.3. The van der Waals surface area contributed by atoms with Gasteiger partial charge in [0.1, 0.15) is 16.1 Å². The van der Waals surface area contributed by atoms with Crippen molar-refractivity contribution in [3.63, 3.8) is 0 Å². The predicted octanol–water partition coefficient (Wildman–Crippen LogP) is 3.42. The normalized spacial score (nSPS) is 11.3. The number of nitrogens with zero attached hydrogens (tertiary/aromatic N) is 4. The van der Waals surface area contributed by atoms with Gasteiger partial charge in [-0.25, -0.2) is 19.3 Å². The molecule has 4 aromatic rings. The van der Waals surface area contributed by atoms with Crippen LogP contribution < -0.4 is 5.56 Å². The number of halogens is 3. The van der Waals surface area contributed by atoms with E-state index in [0.717, 1.165) is 11.8 Å². The largest absolute Gasteiger partial charge is 0.303 e. The van der Waals surface area contributed by atoms with Crippen molar-refractivity contribution in [2.45, 2.75) is 13.3 Å². The van der Waals surface area contributed by atoms with Crippen molar-refractivity contribution in [3.05, 3.63) is 80.2 Å². The van der Waals surface area contributed by atoms with Gasteiger partial charge in [-0.2, -0.15) is 4.39 Å². The minimum atomic E-state index is -0.981. The van der Waals surface area contributed by atoms with E-state index in [-0.39, 0.29) is 18.1 Å². The molecule has 9 heteroatoms. The van der Waals surface area contributed by atoms with Crippen molar-refractivity contribution < 1.29 is 8.78 Å². The van der Waals surface area contributed by atoms with Crippen molar-refractivity contribution in [3.8, 4) is 11.5 Å². The second-order valence-corrected chi connectivity index (χ2v) is 6.84. The lowest BCUT2D eigenvalue weighted by molar-refractivity contribution is 0.601. The average Bonchev–Trinajstić information content (AvgIpc) is 3.01. The Hall–Kier alpha value is -2.94. The third-order valence-electron chi connectivity index (χ3n) is 4.08. The molecular weight excluding hydrogens is 420 g/mol. The zero-order chi connectivity index (χ0) is 19.1. The maximum atomic E-state index is 14.3. The number of rotatable bonds is 3. The molecule has 0 aliphatic rings. The molecule has 0 bridgehead atoms. The first-order valence-electron chi connectivity index (χ1n) is 7.95. The lowest BCUT2D eigenvalue weighted by Gasteiger charge is -2.09. The van der Waals surface area contributed by atoms with Gasteiger partial charge in [-0.3, -0.25) is 9.20 Å². The zero-order valence-corrected chi connectivity index (χ0v) is 15.6. The number of fused-ring (bicyclic) bond motifs is 1. The summed E-state index contributed by atoms with van der Waals surface area (Å²) in [6, 6.07) is 4.97. The van der Waals surface area contributed by atoms with Gasteiger partial charge < -0.3 is 4.98 Å². The highest BCUT2D eigenvalue weighted by molar-refractivity contribution is 9.10. The minimum absolute atomic E-state index is 0.106. The number of imidazole rings is 1. The number of aromatic nitrogens is 5. The molecule has 0 aliphatic carbocycles. The highest BCUT2D eigenvalue weighted by Crippen LogP contribution is 2.23. The van der Waals surface area contributed by atoms with Gasteiger partial charge >= 0.3 is 0 Å². The summed E-state index contributed by atoms with van der Waals surface area (Å²) in [7, 11) is 0. The van der Waals surface area contributed by atoms with Crippen LogP contribution in [0, 0.1) is 18.6 Å². The fraction of sp³-hybridized carbons (Fsp3) is 0.111. The standard InChI is InChI=1S/C18H12BrF2N5O/c1-9-2-3-10(11(20)4-9)5-13-17-23-7-15(19)26(17)8-14(24-13)16-22-6-12(21)18(27)25-16/h2-4,6-8H,5H2,1H3,(H,22,25,27). The van der Waals surface area contributed by atoms with Crippen LogP contribution in [0.25, 0.3) is 17.2 Å². The van der Waals surface area contributed by atoms with Crippen LogP contribution in [0.1, 0.15) is 16.8 Å². The molecule has 0 saturated heterocycles. The molecule has 3 aromatic heterocycles. The average molecular weight is 432 g/mol. The molecule has 1 aromatic carbocycles. The van der Waals surface area contributed by atoms with E-state index in [0.29, 0.717) is 27.2 Å². The van der Waals surface area contributed by atoms with Gasteiger partial charge in [0.05, 0.1) is 18.1 Å². The van der Waals surface area contributed by atoms with E-state index in [1.54, 1.807) is 22.9 Å². The van der Waals surface area contributed by atoms with E-state index in [1.165, 1.54) is 6.07 Å². The summed E-state index contributed by atoms with van der Waals surface area (Å²) in [6.07, 6.45) is 4.23. The summed E-state index contributed by atoms with van der Waals surface area (Å²) in [5.74, 6) is -1.21. The Labute approximate surface area is 160 Å². The van der Waals surface area contributed by atoms with Gasteiger partial charge in [-0.1, -0.05) is 12.1 Å². The summed E-state index contributed by atoms with van der Waals surface area (Å²) in [5, 5.41) is 0. The number of hydrogen-bond acceptors (Lipinski definition) is 4. The SMILES string of the molecule is Cc1ccc(Cc2nc(-c3ncc(F)c(=O)[nH]3)cn3c(Br)cnc23)c(F)c1. The van der Waals surface area contributed by atoms with Gasteiger partial charge in [0.25, 0.3) is 5.56 Å². The summed E-state index contributed by atoms with van der Waals surface area (Å²) in [5.41, 5.74) is 1.73. The maximum Gasteiger partial charge on any atom is 0.287 e. The van der Waals surface area contributed by atoms with E-state index in [4.69, 9.17) is 0 Å². The van der Waals surface area contributed by atoms with Crippen molar-refractivity contribution in [2.24, 2.45) is 0 Å². The Bertz CT molecular complexity index is 1230. The number of H-pyrrole nitrogens is 1. The molecule has 0 fully saturated rings.